The minimum absolute atomic E-state index is 0.0593. The largest absolute Gasteiger partial charge is 0.497 e. The summed E-state index contributed by atoms with van der Waals surface area (Å²) in [6.45, 7) is 2.71. The fourth-order valence-corrected chi connectivity index (χ4v) is 4.47. The van der Waals surface area contributed by atoms with Gasteiger partial charge in [-0.1, -0.05) is 43.5 Å². The minimum atomic E-state index is -0.517. The number of hydrogen-bond acceptors (Lipinski definition) is 4. The number of nitrogens with one attached hydrogen (secondary N) is 1. The van der Waals surface area contributed by atoms with Crippen LogP contribution in [0.3, 0.4) is 0 Å². The van der Waals surface area contributed by atoms with Crippen molar-refractivity contribution in [2.75, 3.05) is 13.7 Å². The second-order valence-electron chi connectivity index (χ2n) is 8.69. The van der Waals surface area contributed by atoms with E-state index >= 15 is 0 Å². The summed E-state index contributed by atoms with van der Waals surface area (Å²) < 4.78 is 11.1. The molecule has 1 N–H and O–H groups in total. The Kier molecular flexibility index (Phi) is 10.1. The molecule has 2 aromatic rings. The van der Waals surface area contributed by atoms with Crippen LogP contribution in [-0.4, -0.2) is 42.5 Å². The number of nitrogens with zero attached hydrogens (tertiary/aromatic N) is 1. The molecule has 1 saturated carbocycles. The first-order valence-corrected chi connectivity index (χ1v) is 12.5. The third kappa shape index (κ3) is 7.66. The molecule has 6 nitrogen and oxygen atoms in total. The molecule has 184 valence electrons. The van der Waals surface area contributed by atoms with Gasteiger partial charge in [-0.2, -0.15) is 0 Å². The highest BCUT2D eigenvalue weighted by molar-refractivity contribution is 6.30. The lowest BCUT2D eigenvalue weighted by Crippen LogP contribution is -2.50. The molecule has 0 saturated heterocycles. The van der Waals surface area contributed by atoms with Crippen LogP contribution in [0, 0.1) is 0 Å². The van der Waals surface area contributed by atoms with E-state index in [2.05, 4.69) is 5.32 Å². The minimum Gasteiger partial charge on any atom is -0.497 e. The Balaban J connectivity index is 1.66. The van der Waals surface area contributed by atoms with Gasteiger partial charge in [0.1, 0.15) is 17.5 Å². The van der Waals surface area contributed by atoms with Crippen LogP contribution in [0.2, 0.25) is 5.02 Å². The van der Waals surface area contributed by atoms with E-state index in [0.717, 1.165) is 37.0 Å². The molecule has 1 atom stereocenters. The Morgan fingerprint density at radius 2 is 1.85 bits per heavy atom. The maximum atomic E-state index is 13.3. The zero-order valence-electron chi connectivity index (χ0n) is 20.1. The molecule has 0 aromatic heterocycles. The third-order valence-electron chi connectivity index (χ3n) is 6.19. The summed E-state index contributed by atoms with van der Waals surface area (Å²) in [6.07, 6.45) is 5.70. The highest BCUT2D eigenvalue weighted by atomic mass is 35.5. The Morgan fingerprint density at radius 1 is 1.12 bits per heavy atom. The van der Waals surface area contributed by atoms with E-state index in [4.69, 9.17) is 21.1 Å². The molecule has 0 spiro atoms. The molecule has 0 aliphatic heterocycles. The van der Waals surface area contributed by atoms with Gasteiger partial charge in [0.15, 0.2) is 0 Å². The summed E-state index contributed by atoms with van der Waals surface area (Å²) in [6, 6.07) is 14.5. The van der Waals surface area contributed by atoms with E-state index in [-0.39, 0.29) is 17.9 Å². The monoisotopic (exact) mass is 486 g/mol. The van der Waals surface area contributed by atoms with Crippen molar-refractivity contribution in [1.82, 2.24) is 10.2 Å². The lowest BCUT2D eigenvalue weighted by Gasteiger charge is -2.31. The van der Waals surface area contributed by atoms with Crippen molar-refractivity contribution in [3.63, 3.8) is 0 Å². The van der Waals surface area contributed by atoms with Crippen LogP contribution in [0.25, 0.3) is 0 Å². The second-order valence-corrected chi connectivity index (χ2v) is 9.13. The number of hydrogen-bond donors (Lipinski definition) is 1. The summed E-state index contributed by atoms with van der Waals surface area (Å²) in [5.41, 5.74) is 0.928. The Bertz CT molecular complexity index is 928. The predicted octanol–water partition coefficient (Wildman–Crippen LogP) is 5.37. The SMILES string of the molecule is CC[C@@H](C(=O)NC1CCCC1)N(Cc1cccc(OC)c1)C(=O)CCCOc1ccc(Cl)cc1. The summed E-state index contributed by atoms with van der Waals surface area (Å²) in [4.78, 5) is 28.2. The number of rotatable bonds is 12. The average Bonchev–Trinajstić information content (AvgIpc) is 3.35. The van der Waals surface area contributed by atoms with E-state index < -0.39 is 6.04 Å². The van der Waals surface area contributed by atoms with Gasteiger partial charge in [0.25, 0.3) is 0 Å². The second kappa shape index (κ2) is 13.2. The zero-order valence-corrected chi connectivity index (χ0v) is 20.9. The van der Waals surface area contributed by atoms with E-state index in [1.165, 1.54) is 0 Å². The van der Waals surface area contributed by atoms with E-state index in [0.29, 0.717) is 43.2 Å². The van der Waals surface area contributed by atoms with Crippen molar-refractivity contribution in [3.05, 3.63) is 59.1 Å². The summed E-state index contributed by atoms with van der Waals surface area (Å²) in [5, 5.41) is 3.82. The molecule has 0 unspecified atom stereocenters. The first-order valence-electron chi connectivity index (χ1n) is 12.1. The quantitative estimate of drug-likeness (QED) is 0.409. The number of carbonyl (C=O) groups excluding carboxylic acids is 2. The smallest absolute Gasteiger partial charge is 0.243 e. The summed E-state index contributed by atoms with van der Waals surface area (Å²) in [7, 11) is 1.62. The standard InChI is InChI=1S/C27H35ClN2O4/c1-3-25(27(32)29-22-9-4-5-10-22)30(19-20-8-6-11-24(18-20)33-2)26(31)12-7-17-34-23-15-13-21(28)14-16-23/h6,8,11,13-16,18,22,25H,3-5,7,9-10,12,17,19H2,1-2H3,(H,29,32)/t25-/m0/s1. The van der Waals surface area contributed by atoms with Crippen LogP contribution in [0.1, 0.15) is 57.4 Å². The molecule has 2 amide bonds. The predicted molar refractivity (Wildman–Crippen MR) is 134 cm³/mol. The number of methoxy groups -OCH3 is 1. The van der Waals surface area contributed by atoms with Crippen molar-refractivity contribution in [2.45, 2.75) is 70.5 Å². The topological polar surface area (TPSA) is 67.9 Å². The number of halogens is 1. The Morgan fingerprint density at radius 3 is 2.53 bits per heavy atom. The van der Waals surface area contributed by atoms with Gasteiger partial charge in [-0.15, -0.1) is 0 Å². The Hall–Kier alpha value is -2.73. The van der Waals surface area contributed by atoms with E-state index in [9.17, 15) is 9.59 Å². The van der Waals surface area contributed by atoms with E-state index in [1.54, 1.807) is 36.3 Å². The molecule has 3 rings (SSSR count). The fraction of sp³-hybridized carbons (Fsp3) is 0.481. The number of amides is 2. The van der Waals surface area contributed by atoms with Crippen LogP contribution >= 0.6 is 11.6 Å². The lowest BCUT2D eigenvalue weighted by atomic mass is 10.1. The maximum Gasteiger partial charge on any atom is 0.243 e. The first kappa shape index (κ1) is 25.9. The van der Waals surface area contributed by atoms with Gasteiger partial charge in [-0.25, -0.2) is 0 Å². The normalized spacial score (nSPS) is 14.4. The van der Waals surface area contributed by atoms with Gasteiger partial charge in [0.05, 0.1) is 13.7 Å². The molecule has 1 aliphatic rings. The van der Waals surface area contributed by atoms with Crippen molar-refractivity contribution >= 4 is 23.4 Å². The van der Waals surface area contributed by atoms with Gasteiger partial charge in [-0.05, 0) is 67.6 Å². The zero-order chi connectivity index (χ0) is 24.3. The number of benzene rings is 2. The van der Waals surface area contributed by atoms with Crippen molar-refractivity contribution in [2.24, 2.45) is 0 Å². The number of ether oxygens (including phenoxy) is 2. The molecule has 34 heavy (non-hydrogen) atoms. The van der Waals surface area contributed by atoms with Crippen LogP contribution < -0.4 is 14.8 Å². The van der Waals surface area contributed by atoms with Gasteiger partial charge in [0.2, 0.25) is 11.8 Å². The van der Waals surface area contributed by atoms with Gasteiger partial charge in [0, 0.05) is 24.0 Å². The highest BCUT2D eigenvalue weighted by Gasteiger charge is 2.30. The van der Waals surface area contributed by atoms with Crippen molar-refractivity contribution < 1.29 is 19.1 Å². The molecule has 2 aromatic carbocycles. The molecular formula is C27H35ClN2O4. The van der Waals surface area contributed by atoms with Crippen LogP contribution in [0.5, 0.6) is 11.5 Å². The molecule has 0 radical (unpaired) electrons. The molecule has 7 heteroatoms. The fourth-order valence-electron chi connectivity index (χ4n) is 4.34. The maximum absolute atomic E-state index is 13.3. The van der Waals surface area contributed by atoms with Crippen LogP contribution in [0.4, 0.5) is 0 Å². The number of carbonyl (C=O) groups is 2. The van der Waals surface area contributed by atoms with Gasteiger partial charge < -0.3 is 19.7 Å². The van der Waals surface area contributed by atoms with E-state index in [1.807, 2.05) is 31.2 Å². The highest BCUT2D eigenvalue weighted by Crippen LogP contribution is 2.21. The first-order chi connectivity index (χ1) is 16.5. The van der Waals surface area contributed by atoms with Crippen LogP contribution in [0.15, 0.2) is 48.5 Å². The van der Waals surface area contributed by atoms with Crippen molar-refractivity contribution in [3.8, 4) is 11.5 Å². The van der Waals surface area contributed by atoms with Gasteiger partial charge in [-0.3, -0.25) is 9.59 Å². The summed E-state index contributed by atoms with van der Waals surface area (Å²) in [5.74, 6) is 1.32. The summed E-state index contributed by atoms with van der Waals surface area (Å²) >= 11 is 5.91. The molecule has 1 aliphatic carbocycles. The molecular weight excluding hydrogens is 452 g/mol. The average molecular weight is 487 g/mol. The van der Waals surface area contributed by atoms with Crippen LogP contribution in [-0.2, 0) is 16.1 Å². The third-order valence-corrected chi connectivity index (χ3v) is 6.44. The molecule has 1 fully saturated rings. The Labute approximate surface area is 207 Å². The lowest BCUT2D eigenvalue weighted by molar-refractivity contribution is -0.141. The molecule has 0 heterocycles. The molecule has 0 bridgehead atoms. The van der Waals surface area contributed by atoms with Gasteiger partial charge >= 0.3 is 0 Å². The van der Waals surface area contributed by atoms with Crippen molar-refractivity contribution in [1.29, 1.82) is 0 Å².